The van der Waals surface area contributed by atoms with E-state index in [-0.39, 0.29) is 0 Å². The van der Waals surface area contributed by atoms with Gasteiger partial charge >= 0.3 is 0 Å². The highest BCUT2D eigenvalue weighted by molar-refractivity contribution is 4.70. The van der Waals surface area contributed by atoms with E-state index in [1.807, 2.05) is 19.2 Å². The Morgan fingerprint density at radius 3 is 1.89 bits per heavy atom. The highest BCUT2D eigenvalue weighted by Gasteiger charge is 2.00. The van der Waals surface area contributed by atoms with Gasteiger partial charge in [-0.1, -0.05) is 13.2 Å². The van der Waals surface area contributed by atoms with Gasteiger partial charge in [0.05, 0.1) is 13.1 Å². The van der Waals surface area contributed by atoms with Gasteiger partial charge in [-0.15, -0.1) is 7.05 Å². The third-order valence-corrected chi connectivity index (χ3v) is 1.14. The molecule has 0 saturated heterocycles. The molecule has 0 bridgehead atoms. The molecule has 0 N–H and O–H groups in total. The Balaban J connectivity index is 3.68. The van der Waals surface area contributed by atoms with Gasteiger partial charge in [-0.05, 0) is 12.2 Å². The smallest absolute Gasteiger partial charge is 0.0729 e. The van der Waals surface area contributed by atoms with E-state index in [0.29, 0.717) is 4.48 Å². The Bertz CT molecular complexity index is 91.1. The largest absolute Gasteiger partial charge is 0.453 e. The first-order valence-corrected chi connectivity index (χ1v) is 3.03. The van der Waals surface area contributed by atoms with E-state index in [9.17, 15) is 0 Å². The molecule has 0 aromatic rings. The topological polar surface area (TPSA) is 0 Å². The van der Waals surface area contributed by atoms with E-state index >= 15 is 0 Å². The van der Waals surface area contributed by atoms with Crippen LogP contribution < -0.4 is 0 Å². The van der Waals surface area contributed by atoms with Crippen molar-refractivity contribution in [1.29, 1.82) is 0 Å². The number of likely N-dealkylation sites (N-methyl/N-ethyl adjacent to an activating group) is 1. The van der Waals surface area contributed by atoms with Crippen molar-refractivity contribution in [2.75, 3.05) is 20.1 Å². The summed E-state index contributed by atoms with van der Waals surface area (Å²) in [7, 11) is 5.99. The van der Waals surface area contributed by atoms with Crippen LogP contribution >= 0.6 is 0 Å². The maximum Gasteiger partial charge on any atom is 0.0729 e. The number of hydrogen-bond acceptors (Lipinski definition) is 0. The molecular weight excluding hydrogens is 110 g/mol. The molecule has 0 aliphatic carbocycles. The van der Waals surface area contributed by atoms with Crippen LogP contribution in [0.3, 0.4) is 0 Å². The molecule has 9 heavy (non-hydrogen) atoms. The van der Waals surface area contributed by atoms with Crippen molar-refractivity contribution in [1.82, 2.24) is 0 Å². The second kappa shape index (κ2) is 3.46. The van der Waals surface area contributed by atoms with Crippen LogP contribution in [0.2, 0.25) is 0 Å². The molecule has 0 atom stereocenters. The van der Waals surface area contributed by atoms with E-state index in [4.69, 9.17) is 0 Å². The molecule has 0 heterocycles. The second-order valence-corrected chi connectivity index (χ2v) is 2.56. The average molecular weight is 125 g/mol. The van der Waals surface area contributed by atoms with Gasteiger partial charge in [0.15, 0.2) is 0 Å². The fourth-order valence-electron chi connectivity index (χ4n) is 0.698. The average Bonchev–Trinajstić information content (AvgIpc) is 1.64. The van der Waals surface area contributed by atoms with Crippen molar-refractivity contribution >= 4 is 0 Å². The zero-order valence-electron chi connectivity index (χ0n) is 6.14. The van der Waals surface area contributed by atoms with Crippen molar-refractivity contribution < 1.29 is 4.48 Å². The van der Waals surface area contributed by atoms with Crippen LogP contribution in [0.5, 0.6) is 0 Å². The molecule has 0 aliphatic heterocycles. The van der Waals surface area contributed by atoms with Gasteiger partial charge in [0.25, 0.3) is 0 Å². The predicted octanol–water partition coefficient (Wildman–Crippen LogP) is 1.60. The Morgan fingerprint density at radius 2 is 1.67 bits per heavy atom. The first kappa shape index (κ1) is 8.44. The first-order valence-electron chi connectivity index (χ1n) is 3.03. The molecule has 0 aromatic carbocycles. The molecule has 0 aliphatic rings. The van der Waals surface area contributed by atoms with Crippen molar-refractivity contribution in [3.8, 4) is 0 Å². The van der Waals surface area contributed by atoms with E-state index in [1.54, 1.807) is 0 Å². The van der Waals surface area contributed by atoms with Gasteiger partial charge in [-0.25, -0.2) is 0 Å². The SMILES string of the molecule is C=CC[N+]([CH2-])(C)CC=C. The normalized spacial score (nSPS) is 10.9. The predicted molar refractivity (Wildman–Crippen MR) is 41.7 cm³/mol. The van der Waals surface area contributed by atoms with Gasteiger partial charge in [0.1, 0.15) is 0 Å². The van der Waals surface area contributed by atoms with E-state index in [0.717, 1.165) is 13.1 Å². The lowest BCUT2D eigenvalue weighted by atomic mass is 10.4. The molecule has 0 spiro atoms. The quantitative estimate of drug-likeness (QED) is 0.304. The second-order valence-electron chi connectivity index (χ2n) is 2.56. The minimum Gasteiger partial charge on any atom is -0.453 e. The molecule has 0 fully saturated rings. The minimum atomic E-state index is 0.701. The maximum atomic E-state index is 3.94. The van der Waals surface area contributed by atoms with Gasteiger partial charge in [0.2, 0.25) is 0 Å². The number of quaternary nitrogens is 1. The van der Waals surface area contributed by atoms with E-state index in [1.165, 1.54) is 0 Å². The third-order valence-electron chi connectivity index (χ3n) is 1.14. The lowest BCUT2D eigenvalue weighted by molar-refractivity contribution is -0.853. The van der Waals surface area contributed by atoms with Crippen LogP contribution in [0.15, 0.2) is 25.3 Å². The first-order chi connectivity index (χ1) is 4.12. The van der Waals surface area contributed by atoms with Crippen molar-refractivity contribution in [3.63, 3.8) is 0 Å². The fraction of sp³-hybridized carbons (Fsp3) is 0.375. The number of rotatable bonds is 4. The third kappa shape index (κ3) is 3.98. The van der Waals surface area contributed by atoms with Gasteiger partial charge in [-0.3, -0.25) is 0 Å². The van der Waals surface area contributed by atoms with Gasteiger partial charge < -0.3 is 4.48 Å². The Labute approximate surface area is 57.9 Å². The summed E-state index contributed by atoms with van der Waals surface area (Å²) in [5, 5.41) is 0. The molecule has 0 saturated carbocycles. The molecule has 1 nitrogen and oxygen atoms in total. The molecule has 0 radical (unpaired) electrons. The summed E-state index contributed by atoms with van der Waals surface area (Å²) in [5.41, 5.74) is 0. The van der Waals surface area contributed by atoms with Crippen LogP contribution in [-0.2, 0) is 0 Å². The lowest BCUT2D eigenvalue weighted by Crippen LogP contribution is -2.36. The van der Waals surface area contributed by atoms with Crippen LogP contribution in [0.1, 0.15) is 0 Å². The molecule has 0 amide bonds. The van der Waals surface area contributed by atoms with Crippen LogP contribution in [0.25, 0.3) is 0 Å². The molecule has 1 heteroatoms. The number of nitrogens with zero attached hydrogens (tertiary/aromatic N) is 1. The summed E-state index contributed by atoms with van der Waals surface area (Å²) in [6.07, 6.45) is 3.74. The van der Waals surface area contributed by atoms with E-state index in [2.05, 4.69) is 20.2 Å². The summed E-state index contributed by atoms with van der Waals surface area (Å²) in [6.45, 7) is 9.07. The monoisotopic (exact) mass is 125 g/mol. The minimum absolute atomic E-state index is 0.701. The lowest BCUT2D eigenvalue weighted by Gasteiger charge is -2.35. The Hall–Kier alpha value is -0.560. The summed E-state index contributed by atoms with van der Waals surface area (Å²) in [5.74, 6) is 0. The molecule has 0 rings (SSSR count). The maximum absolute atomic E-state index is 3.94. The van der Waals surface area contributed by atoms with Crippen LogP contribution in [0, 0.1) is 7.05 Å². The van der Waals surface area contributed by atoms with E-state index < -0.39 is 0 Å². The summed E-state index contributed by atoms with van der Waals surface area (Å²) >= 11 is 0. The number of hydrogen-bond donors (Lipinski definition) is 0. The van der Waals surface area contributed by atoms with Gasteiger partial charge in [-0.2, -0.15) is 0 Å². The van der Waals surface area contributed by atoms with Crippen molar-refractivity contribution in [2.24, 2.45) is 0 Å². The molecule has 52 valence electrons. The zero-order chi connectivity index (χ0) is 7.33. The molecule has 0 unspecified atom stereocenters. The summed E-state index contributed by atoms with van der Waals surface area (Å²) < 4.78 is 0.701. The summed E-state index contributed by atoms with van der Waals surface area (Å²) in [4.78, 5) is 0. The van der Waals surface area contributed by atoms with Crippen molar-refractivity contribution in [2.45, 2.75) is 0 Å². The Kier molecular flexibility index (Phi) is 3.25. The standard InChI is InChI=1S/C8H15N/c1-5-7-9(3,4)8-6-2/h5-6H,1-3,7-8H2,4H3. The highest BCUT2D eigenvalue weighted by Crippen LogP contribution is 1.97. The molecular formula is C8H15N. The Morgan fingerprint density at radius 1 is 1.33 bits per heavy atom. The van der Waals surface area contributed by atoms with Gasteiger partial charge in [0, 0.05) is 7.05 Å². The van der Waals surface area contributed by atoms with Crippen LogP contribution in [0.4, 0.5) is 0 Å². The van der Waals surface area contributed by atoms with Crippen LogP contribution in [-0.4, -0.2) is 24.6 Å². The van der Waals surface area contributed by atoms with Crippen molar-refractivity contribution in [3.05, 3.63) is 32.4 Å². The summed E-state index contributed by atoms with van der Waals surface area (Å²) in [6, 6.07) is 0. The fourth-order valence-corrected chi connectivity index (χ4v) is 0.698. The molecule has 0 aromatic heterocycles. The zero-order valence-corrected chi connectivity index (χ0v) is 6.14. The highest BCUT2D eigenvalue weighted by atomic mass is 15.3.